The van der Waals surface area contributed by atoms with Crippen LogP contribution in [0.25, 0.3) is 0 Å². The summed E-state index contributed by atoms with van der Waals surface area (Å²) in [5.74, 6) is 0.310. The molecule has 1 amide bonds. The van der Waals surface area contributed by atoms with Crippen LogP contribution in [0.4, 0.5) is 4.79 Å². The number of carbonyl (C=O) groups excluding carboxylic acids is 1. The number of nitrogens with zero attached hydrogens (tertiary/aromatic N) is 1. The molecule has 0 spiro atoms. The van der Waals surface area contributed by atoms with Crippen LogP contribution in [0.15, 0.2) is 0 Å². The molecule has 6 heteroatoms. The molecule has 3 N–H and O–H groups in total. The maximum absolute atomic E-state index is 12.1. The summed E-state index contributed by atoms with van der Waals surface area (Å²) in [7, 11) is 0. The van der Waals surface area contributed by atoms with Gasteiger partial charge in [0.05, 0.1) is 18.8 Å². The Morgan fingerprint density at radius 1 is 1.32 bits per heavy atom. The Morgan fingerprint density at radius 2 is 1.95 bits per heavy atom. The molecule has 1 atom stereocenters. The van der Waals surface area contributed by atoms with Crippen LogP contribution in [0.2, 0.25) is 0 Å². The fourth-order valence-corrected chi connectivity index (χ4v) is 2.60. The third-order valence-electron chi connectivity index (χ3n) is 4.22. The molecule has 0 bridgehead atoms. The summed E-state index contributed by atoms with van der Waals surface area (Å²) >= 11 is 0. The number of aliphatic hydroxyl groups is 2. The smallest absolute Gasteiger partial charge is 0.410 e. The van der Waals surface area contributed by atoms with Crippen molar-refractivity contribution in [3.63, 3.8) is 0 Å². The summed E-state index contributed by atoms with van der Waals surface area (Å²) in [6, 6.07) is 0. The maximum atomic E-state index is 12.1. The van der Waals surface area contributed by atoms with Gasteiger partial charge in [-0.2, -0.15) is 0 Å². The lowest BCUT2D eigenvalue weighted by atomic mass is 9.94. The van der Waals surface area contributed by atoms with Gasteiger partial charge in [-0.3, -0.25) is 0 Å². The van der Waals surface area contributed by atoms with Gasteiger partial charge in [0.25, 0.3) is 0 Å². The molecule has 1 rings (SSSR count). The number of rotatable bonds is 6. The number of nitrogens with one attached hydrogen (secondary N) is 1. The number of likely N-dealkylation sites (tertiary alicyclic amines) is 1. The molecule has 0 aromatic carbocycles. The van der Waals surface area contributed by atoms with E-state index in [0.717, 1.165) is 19.4 Å². The third-order valence-corrected chi connectivity index (χ3v) is 4.22. The zero-order valence-electron chi connectivity index (χ0n) is 14.4. The van der Waals surface area contributed by atoms with Gasteiger partial charge in [0.2, 0.25) is 0 Å². The minimum Gasteiger partial charge on any atom is -0.444 e. The van der Waals surface area contributed by atoms with Crippen molar-refractivity contribution >= 4 is 6.09 Å². The topological polar surface area (TPSA) is 82.0 Å². The van der Waals surface area contributed by atoms with Gasteiger partial charge in [-0.25, -0.2) is 4.79 Å². The Hall–Kier alpha value is -0.850. The Kier molecular flexibility index (Phi) is 7.09. The first-order valence-electron chi connectivity index (χ1n) is 8.20. The van der Waals surface area contributed by atoms with Gasteiger partial charge in [0.15, 0.2) is 0 Å². The molecule has 0 aromatic rings. The number of hydrogen-bond acceptors (Lipinski definition) is 5. The van der Waals surface area contributed by atoms with E-state index in [1.54, 1.807) is 4.90 Å². The average Bonchev–Trinajstić information content (AvgIpc) is 2.48. The molecule has 1 aliphatic rings. The first kappa shape index (κ1) is 19.2. The normalized spacial score (nSPS) is 20.1. The van der Waals surface area contributed by atoms with Crippen molar-refractivity contribution in [1.82, 2.24) is 10.2 Å². The molecule has 1 aliphatic heterocycles. The molecule has 22 heavy (non-hydrogen) atoms. The van der Waals surface area contributed by atoms with E-state index in [0.29, 0.717) is 25.4 Å². The SMILES string of the molecule is CCC(CO)(CO)NCC1CCCN(C(=O)OC(C)(C)C)C1. The quantitative estimate of drug-likeness (QED) is 0.689. The van der Waals surface area contributed by atoms with Gasteiger partial charge in [0.1, 0.15) is 5.60 Å². The van der Waals surface area contributed by atoms with Gasteiger partial charge >= 0.3 is 6.09 Å². The molecule has 0 aromatic heterocycles. The van der Waals surface area contributed by atoms with E-state index in [9.17, 15) is 15.0 Å². The molecular weight excluding hydrogens is 284 g/mol. The van der Waals surface area contributed by atoms with Crippen LogP contribution in [-0.2, 0) is 4.74 Å². The van der Waals surface area contributed by atoms with Crippen LogP contribution < -0.4 is 5.32 Å². The lowest BCUT2D eigenvalue weighted by molar-refractivity contribution is 0.0151. The lowest BCUT2D eigenvalue weighted by Crippen LogP contribution is -2.54. The number of amides is 1. The third kappa shape index (κ3) is 5.74. The van der Waals surface area contributed by atoms with E-state index in [1.807, 2.05) is 27.7 Å². The molecule has 6 nitrogen and oxygen atoms in total. The van der Waals surface area contributed by atoms with Crippen LogP contribution in [0.5, 0.6) is 0 Å². The van der Waals surface area contributed by atoms with Crippen LogP contribution in [-0.4, -0.2) is 65.2 Å². The van der Waals surface area contributed by atoms with Crippen molar-refractivity contribution in [3.8, 4) is 0 Å². The summed E-state index contributed by atoms with van der Waals surface area (Å²) in [4.78, 5) is 13.9. The Bertz CT molecular complexity index is 342. The van der Waals surface area contributed by atoms with E-state index in [2.05, 4.69) is 5.32 Å². The Labute approximate surface area is 133 Å². The minimum absolute atomic E-state index is 0.0947. The molecule has 0 saturated carbocycles. The highest BCUT2D eigenvalue weighted by Gasteiger charge is 2.30. The average molecular weight is 316 g/mol. The molecule has 0 radical (unpaired) electrons. The van der Waals surface area contributed by atoms with Crippen LogP contribution in [0.1, 0.15) is 47.0 Å². The van der Waals surface area contributed by atoms with Crippen molar-refractivity contribution < 1.29 is 19.7 Å². The standard InChI is InChI=1S/C16H32N2O4/c1-5-16(11-19,12-20)17-9-13-7-6-8-18(10-13)14(21)22-15(2,3)4/h13,17,19-20H,5-12H2,1-4H3. The summed E-state index contributed by atoms with van der Waals surface area (Å²) in [5.41, 5.74) is -1.11. The second kappa shape index (κ2) is 8.13. The van der Waals surface area contributed by atoms with E-state index < -0.39 is 11.1 Å². The minimum atomic E-state index is -0.631. The zero-order chi connectivity index (χ0) is 16.8. The second-order valence-electron chi connectivity index (χ2n) is 7.27. The summed E-state index contributed by atoms with van der Waals surface area (Å²) in [5, 5.41) is 22.2. The molecule has 0 aliphatic carbocycles. The van der Waals surface area contributed by atoms with Crippen molar-refractivity contribution in [3.05, 3.63) is 0 Å². The van der Waals surface area contributed by atoms with E-state index in [-0.39, 0.29) is 19.3 Å². The Balaban J connectivity index is 2.51. The first-order valence-corrected chi connectivity index (χ1v) is 8.20. The highest BCUT2D eigenvalue weighted by molar-refractivity contribution is 5.68. The van der Waals surface area contributed by atoms with Crippen molar-refractivity contribution in [1.29, 1.82) is 0 Å². The molecule has 1 saturated heterocycles. The monoisotopic (exact) mass is 316 g/mol. The van der Waals surface area contributed by atoms with Gasteiger partial charge in [0, 0.05) is 19.6 Å². The molecule has 130 valence electrons. The number of piperidine rings is 1. The van der Waals surface area contributed by atoms with Crippen LogP contribution in [0, 0.1) is 5.92 Å². The highest BCUT2D eigenvalue weighted by atomic mass is 16.6. The fraction of sp³-hybridized carbons (Fsp3) is 0.938. The zero-order valence-corrected chi connectivity index (χ0v) is 14.4. The number of aliphatic hydroxyl groups excluding tert-OH is 2. The lowest BCUT2D eigenvalue weighted by Gasteiger charge is -2.37. The van der Waals surface area contributed by atoms with Gasteiger partial charge in [-0.05, 0) is 46.0 Å². The Morgan fingerprint density at radius 3 is 2.45 bits per heavy atom. The molecule has 1 heterocycles. The molecule has 1 fully saturated rings. The van der Waals surface area contributed by atoms with Crippen LogP contribution in [0.3, 0.4) is 0 Å². The summed E-state index contributed by atoms with van der Waals surface area (Å²) < 4.78 is 5.42. The van der Waals surface area contributed by atoms with Gasteiger partial charge < -0.3 is 25.2 Å². The summed E-state index contributed by atoms with van der Waals surface area (Å²) in [6.07, 6.45) is 2.37. The van der Waals surface area contributed by atoms with Crippen LogP contribution >= 0.6 is 0 Å². The van der Waals surface area contributed by atoms with E-state index >= 15 is 0 Å². The van der Waals surface area contributed by atoms with E-state index in [4.69, 9.17) is 4.74 Å². The summed E-state index contributed by atoms with van der Waals surface area (Å²) in [6.45, 7) is 9.40. The maximum Gasteiger partial charge on any atom is 0.410 e. The number of ether oxygens (including phenoxy) is 1. The fourth-order valence-electron chi connectivity index (χ4n) is 2.60. The largest absolute Gasteiger partial charge is 0.444 e. The second-order valence-corrected chi connectivity index (χ2v) is 7.27. The highest BCUT2D eigenvalue weighted by Crippen LogP contribution is 2.20. The van der Waals surface area contributed by atoms with Crippen molar-refractivity contribution in [2.45, 2.75) is 58.1 Å². The molecule has 1 unspecified atom stereocenters. The van der Waals surface area contributed by atoms with Gasteiger partial charge in [-0.1, -0.05) is 6.92 Å². The number of hydrogen-bond donors (Lipinski definition) is 3. The number of carbonyl (C=O) groups is 1. The predicted octanol–water partition coefficient (Wildman–Crippen LogP) is 1.36. The molecular formula is C16H32N2O4. The first-order chi connectivity index (χ1) is 10.2. The van der Waals surface area contributed by atoms with E-state index in [1.165, 1.54) is 0 Å². The van der Waals surface area contributed by atoms with Crippen molar-refractivity contribution in [2.75, 3.05) is 32.8 Å². The van der Waals surface area contributed by atoms with Crippen molar-refractivity contribution in [2.24, 2.45) is 5.92 Å². The predicted molar refractivity (Wildman–Crippen MR) is 85.7 cm³/mol. The van der Waals surface area contributed by atoms with Gasteiger partial charge in [-0.15, -0.1) is 0 Å².